The van der Waals surface area contributed by atoms with Crippen molar-refractivity contribution in [3.05, 3.63) is 41.5 Å². The Morgan fingerprint density at radius 1 is 0.883 bits per heavy atom. The number of benzene rings is 1. The Morgan fingerprint density at radius 2 is 1.57 bits per heavy atom. The van der Waals surface area contributed by atoms with Gasteiger partial charge >= 0.3 is 11.9 Å². The lowest BCUT2D eigenvalue weighted by atomic mass is 9.46. The number of fused-ring (bicyclic) bond motifs is 5. The first-order valence-electron chi connectivity index (χ1n) is 21.7. The van der Waals surface area contributed by atoms with E-state index in [9.17, 15) is 39.9 Å². The molecule has 0 bridgehead atoms. The van der Waals surface area contributed by atoms with Crippen molar-refractivity contribution < 1.29 is 73.1 Å². The molecule has 15 heteroatoms. The Morgan fingerprint density at radius 3 is 2.23 bits per heavy atom. The van der Waals surface area contributed by atoms with Gasteiger partial charge in [0, 0.05) is 24.7 Å². The van der Waals surface area contributed by atoms with Gasteiger partial charge < -0.3 is 58.7 Å². The van der Waals surface area contributed by atoms with Crippen LogP contribution >= 0.6 is 0 Å². The maximum atomic E-state index is 13.8. The van der Waals surface area contributed by atoms with Gasteiger partial charge in [-0.05, 0) is 98.8 Å². The molecule has 4 aliphatic carbocycles. The van der Waals surface area contributed by atoms with E-state index in [4.69, 9.17) is 33.2 Å². The third-order valence-electron chi connectivity index (χ3n) is 15.3. The molecule has 334 valence electrons. The third-order valence-corrected chi connectivity index (χ3v) is 15.3. The van der Waals surface area contributed by atoms with E-state index in [1.165, 1.54) is 31.7 Å². The van der Waals surface area contributed by atoms with Gasteiger partial charge in [0.15, 0.2) is 24.8 Å². The molecule has 0 radical (unpaired) electrons. The molecule has 7 rings (SSSR count). The van der Waals surface area contributed by atoms with Gasteiger partial charge in [-0.1, -0.05) is 39.3 Å². The maximum absolute atomic E-state index is 13.8. The van der Waals surface area contributed by atoms with E-state index in [1.807, 2.05) is 6.92 Å². The van der Waals surface area contributed by atoms with E-state index in [1.54, 1.807) is 19.1 Å². The smallest absolute Gasteiger partial charge is 0.338 e. The van der Waals surface area contributed by atoms with Crippen LogP contribution in [0.15, 0.2) is 35.9 Å². The molecule has 6 aliphatic rings. The van der Waals surface area contributed by atoms with Crippen LogP contribution in [0, 0.1) is 34.5 Å². The molecule has 2 aliphatic heterocycles. The molecule has 15 nitrogen and oxygen atoms in total. The summed E-state index contributed by atoms with van der Waals surface area (Å²) in [7, 11) is 1.48. The van der Waals surface area contributed by atoms with Gasteiger partial charge in [0.05, 0.1) is 38.1 Å². The van der Waals surface area contributed by atoms with Crippen molar-refractivity contribution in [1.29, 1.82) is 0 Å². The molecule has 5 N–H and O–H groups in total. The number of carbonyl (C=O) groups is 3. The molecule has 0 aromatic heterocycles. The second-order valence-electron chi connectivity index (χ2n) is 18.5. The average Bonchev–Trinajstić information content (AvgIpc) is 3.45. The van der Waals surface area contributed by atoms with Gasteiger partial charge in [-0.3, -0.25) is 9.59 Å². The Kier molecular flexibility index (Phi) is 13.2. The fourth-order valence-electron chi connectivity index (χ4n) is 11.9. The van der Waals surface area contributed by atoms with Crippen molar-refractivity contribution >= 4 is 17.7 Å². The molecule has 1 aromatic carbocycles. The van der Waals surface area contributed by atoms with E-state index in [-0.39, 0.29) is 47.7 Å². The maximum Gasteiger partial charge on any atom is 0.338 e. The number of aliphatic hydroxyl groups excluding tert-OH is 4. The highest BCUT2D eigenvalue weighted by atomic mass is 16.8. The lowest BCUT2D eigenvalue weighted by molar-refractivity contribution is -0.345. The van der Waals surface area contributed by atoms with Crippen LogP contribution in [0.4, 0.5) is 0 Å². The number of Topliss-reactive ketones (excluding diaryl/α,β-unsaturated/α-hetero) is 1. The number of ether oxygens (including phenoxy) is 7. The number of carbonyl (C=O) groups excluding carboxylic acids is 3. The number of ketones is 1. The Labute approximate surface area is 351 Å². The van der Waals surface area contributed by atoms with Crippen molar-refractivity contribution in [2.75, 3.05) is 20.3 Å². The molecule has 60 heavy (non-hydrogen) atoms. The van der Waals surface area contributed by atoms with Crippen LogP contribution in [0.25, 0.3) is 0 Å². The number of rotatable bonds is 12. The number of esters is 2. The fraction of sp³-hybridized carbons (Fsp3) is 0.756. The normalized spacial score (nSPS) is 43.0. The van der Waals surface area contributed by atoms with E-state index in [0.717, 1.165) is 25.7 Å². The number of allylic oxidation sites excluding steroid dienone is 1. The molecule has 5 fully saturated rings. The van der Waals surface area contributed by atoms with Crippen molar-refractivity contribution in [2.24, 2.45) is 34.5 Å². The number of methoxy groups -OCH3 is 1. The van der Waals surface area contributed by atoms with Crippen LogP contribution in [-0.4, -0.2) is 131 Å². The van der Waals surface area contributed by atoms with Crippen LogP contribution in [-0.2, 0) is 38.0 Å². The van der Waals surface area contributed by atoms with Crippen molar-refractivity contribution in [1.82, 2.24) is 0 Å². The fourth-order valence-corrected chi connectivity index (χ4v) is 11.9. The van der Waals surface area contributed by atoms with Gasteiger partial charge in [-0.15, -0.1) is 0 Å². The molecule has 2 heterocycles. The van der Waals surface area contributed by atoms with Gasteiger partial charge in [0.2, 0.25) is 0 Å². The zero-order valence-electron chi connectivity index (χ0n) is 35.6. The van der Waals surface area contributed by atoms with Crippen molar-refractivity contribution in [3.8, 4) is 5.75 Å². The van der Waals surface area contributed by atoms with Crippen LogP contribution in [0.1, 0.15) is 103 Å². The van der Waals surface area contributed by atoms with E-state index in [2.05, 4.69) is 19.9 Å². The van der Waals surface area contributed by atoms with Gasteiger partial charge in [0.1, 0.15) is 41.5 Å². The minimum Gasteiger partial charge on any atom is -0.497 e. The Bertz CT molecular complexity index is 1750. The summed E-state index contributed by atoms with van der Waals surface area (Å²) in [5.41, 5.74) is -1.06. The largest absolute Gasteiger partial charge is 0.497 e. The summed E-state index contributed by atoms with van der Waals surface area (Å²) in [6, 6.07) is 6.04. The third kappa shape index (κ3) is 7.96. The second-order valence-corrected chi connectivity index (χ2v) is 18.5. The molecule has 4 unspecified atom stereocenters. The molecule has 0 spiro atoms. The van der Waals surface area contributed by atoms with Crippen LogP contribution < -0.4 is 4.74 Å². The summed E-state index contributed by atoms with van der Waals surface area (Å²) in [5, 5.41) is 56.8. The summed E-state index contributed by atoms with van der Waals surface area (Å²) in [6.07, 6.45) is -5.15. The first-order chi connectivity index (χ1) is 28.5. The summed E-state index contributed by atoms with van der Waals surface area (Å²) >= 11 is 0. The summed E-state index contributed by atoms with van der Waals surface area (Å²) < 4.78 is 41.5. The van der Waals surface area contributed by atoms with E-state index in [0.29, 0.717) is 37.4 Å². The lowest BCUT2D eigenvalue weighted by Gasteiger charge is -2.59. The highest BCUT2D eigenvalue weighted by Gasteiger charge is 2.70. The zero-order chi connectivity index (χ0) is 43.3. The molecule has 1 aromatic rings. The predicted molar refractivity (Wildman–Crippen MR) is 212 cm³/mol. The van der Waals surface area contributed by atoms with Gasteiger partial charge in [0.25, 0.3) is 0 Å². The minimum atomic E-state index is -1.66. The lowest BCUT2D eigenvalue weighted by Crippen LogP contribution is -2.64. The highest BCUT2D eigenvalue weighted by molar-refractivity contribution is 5.89. The molecule has 2 saturated heterocycles. The van der Waals surface area contributed by atoms with E-state index < -0.39 is 90.8 Å². The monoisotopic (exact) mass is 844 g/mol. The molecule has 0 amide bonds. The topological polar surface area (TPSA) is 217 Å². The quantitative estimate of drug-likeness (QED) is 0.151. The molecular formula is C45H64O15. The van der Waals surface area contributed by atoms with Crippen LogP contribution in [0.5, 0.6) is 5.75 Å². The number of hydrogen-bond acceptors (Lipinski definition) is 15. The van der Waals surface area contributed by atoms with E-state index >= 15 is 0 Å². The number of aliphatic hydroxyl groups is 5. The SMILES string of the molecule is CCCC(=O)[C@@H](C)[C@@]1(O)[C@@H](OC2OC[C@H](O)[C@H](O[C@@H]3OC[C@@H](O)[C@H](O)[C@H]3OC(=O)c3ccc(OC)cc3)[C@H]2OC(C)=O)CC2C3CC=C4C[C@@H](O)CC[C@]4(C)C3CC[C@@]21C. The first kappa shape index (κ1) is 45.0. The highest BCUT2D eigenvalue weighted by Crippen LogP contribution is 2.69. The summed E-state index contributed by atoms with van der Waals surface area (Å²) in [5.74, 6) is -1.57. The standard InChI is InChI=1S/C45H64O15/c1-7-8-32(48)23(2)45(53)35(20-31-29-14-11-26-19-27(47)15-17-43(26,4)30(29)16-18-44(31,45)5)58-42-39(57-24(3)46)37(34(50)22-56-42)60-41-38(36(51)33(49)21-55-41)59-40(52)25-9-12-28(54-6)13-10-25/h9-13,23,27,29-31,33-39,41-42,47,49-51,53H,7-8,14-22H2,1-6H3/t23-,27+,29?,30?,31?,33-,34+,35+,36+,37+,38-,39-,41+,42?,43+,44+,45-/m1/s1. The van der Waals surface area contributed by atoms with Crippen LogP contribution in [0.3, 0.4) is 0 Å². The summed E-state index contributed by atoms with van der Waals surface area (Å²) in [6.45, 7) is 8.49. The van der Waals surface area contributed by atoms with Crippen LogP contribution in [0.2, 0.25) is 0 Å². The van der Waals surface area contributed by atoms with Gasteiger partial charge in [-0.2, -0.15) is 0 Å². The van der Waals surface area contributed by atoms with Crippen molar-refractivity contribution in [2.45, 2.75) is 159 Å². The zero-order valence-corrected chi connectivity index (χ0v) is 35.6. The minimum absolute atomic E-state index is 0.0531. The molecule has 3 saturated carbocycles. The Hall–Kier alpha value is -2.99. The van der Waals surface area contributed by atoms with Gasteiger partial charge in [-0.25, -0.2) is 4.79 Å². The van der Waals surface area contributed by atoms with Crippen molar-refractivity contribution in [3.63, 3.8) is 0 Å². The Balaban J connectivity index is 1.18. The average molecular weight is 845 g/mol. The second kappa shape index (κ2) is 17.6. The number of hydrogen-bond donors (Lipinski definition) is 5. The molecule has 17 atom stereocenters. The first-order valence-corrected chi connectivity index (χ1v) is 21.7. The predicted octanol–water partition coefficient (Wildman–Crippen LogP) is 3.39. The molecular weight excluding hydrogens is 780 g/mol. The summed E-state index contributed by atoms with van der Waals surface area (Å²) in [4.78, 5) is 39.9.